The van der Waals surface area contributed by atoms with E-state index in [-0.39, 0.29) is 11.6 Å². The van der Waals surface area contributed by atoms with Crippen molar-refractivity contribution in [2.24, 2.45) is 0 Å². The first-order chi connectivity index (χ1) is 9.16. The highest BCUT2D eigenvalue weighted by Crippen LogP contribution is 2.27. The number of rotatable bonds is 9. The minimum absolute atomic E-state index is 0.0804. The van der Waals surface area contributed by atoms with Gasteiger partial charge in [-0.15, -0.1) is 0 Å². The molecule has 2 heteroatoms. The number of cyclic esters (lactones) is 1. The van der Waals surface area contributed by atoms with Crippen molar-refractivity contribution in [1.82, 2.24) is 0 Å². The monoisotopic (exact) mass is 264 g/mol. The summed E-state index contributed by atoms with van der Waals surface area (Å²) in [5.41, 5.74) is -0.373. The van der Waals surface area contributed by atoms with E-state index in [0.29, 0.717) is 6.42 Å². The van der Waals surface area contributed by atoms with Crippen molar-refractivity contribution >= 4 is 5.97 Å². The van der Waals surface area contributed by atoms with Crippen LogP contribution in [0.25, 0.3) is 0 Å². The predicted octanol–water partition coefficient (Wildman–Crippen LogP) is 4.95. The van der Waals surface area contributed by atoms with Crippen molar-refractivity contribution in [3.8, 4) is 0 Å². The molecule has 0 N–H and O–H groups in total. The molecule has 0 unspecified atom stereocenters. The first-order valence-electron chi connectivity index (χ1n) is 7.72. The quantitative estimate of drug-likeness (QED) is 0.335. The van der Waals surface area contributed by atoms with Gasteiger partial charge in [0, 0.05) is 12.8 Å². The zero-order valence-corrected chi connectivity index (χ0v) is 12.5. The maximum absolute atomic E-state index is 11.1. The van der Waals surface area contributed by atoms with Gasteiger partial charge in [-0.2, -0.15) is 0 Å². The molecule has 19 heavy (non-hydrogen) atoms. The second-order valence-corrected chi connectivity index (χ2v) is 5.63. The lowest BCUT2D eigenvalue weighted by Crippen LogP contribution is -2.19. The molecule has 0 bridgehead atoms. The molecule has 0 aromatic heterocycles. The summed E-state index contributed by atoms with van der Waals surface area (Å²) >= 11 is 0. The Kier molecular flexibility index (Phi) is 7.54. The third-order valence-electron chi connectivity index (χ3n) is 3.59. The van der Waals surface area contributed by atoms with Crippen molar-refractivity contribution in [2.45, 2.75) is 77.2 Å². The second kappa shape index (κ2) is 8.95. The summed E-state index contributed by atoms with van der Waals surface area (Å²) in [5.74, 6) is -0.0804. The molecule has 0 aromatic rings. The Morgan fingerprint density at radius 1 is 1.16 bits per heavy atom. The Bertz CT molecular complexity index is 317. The molecule has 0 saturated carbocycles. The van der Waals surface area contributed by atoms with Crippen LogP contribution in [0.2, 0.25) is 0 Å². The van der Waals surface area contributed by atoms with Crippen LogP contribution in [0.5, 0.6) is 0 Å². The summed E-state index contributed by atoms with van der Waals surface area (Å²) in [4.78, 5) is 11.1. The zero-order chi connectivity index (χ0) is 14.0. The molecule has 1 rings (SSSR count). The third kappa shape index (κ3) is 7.19. The van der Waals surface area contributed by atoms with Gasteiger partial charge < -0.3 is 4.74 Å². The lowest BCUT2D eigenvalue weighted by atomic mass is 10.0. The van der Waals surface area contributed by atoms with Gasteiger partial charge in [-0.3, -0.25) is 4.79 Å². The smallest absolute Gasteiger partial charge is 0.306 e. The zero-order valence-electron chi connectivity index (χ0n) is 12.5. The molecule has 0 spiro atoms. The number of hydrogen-bond donors (Lipinski definition) is 0. The van der Waals surface area contributed by atoms with Crippen LogP contribution in [0, 0.1) is 0 Å². The molecule has 1 atom stereocenters. The van der Waals surface area contributed by atoms with Crippen molar-refractivity contribution in [2.75, 3.05) is 0 Å². The fourth-order valence-electron chi connectivity index (χ4n) is 2.31. The van der Waals surface area contributed by atoms with Gasteiger partial charge in [0.05, 0.1) is 0 Å². The Hall–Kier alpha value is -1.05. The summed E-state index contributed by atoms with van der Waals surface area (Å²) in [6, 6.07) is 0. The van der Waals surface area contributed by atoms with Crippen molar-refractivity contribution in [1.29, 1.82) is 0 Å². The van der Waals surface area contributed by atoms with E-state index >= 15 is 0 Å². The topological polar surface area (TPSA) is 26.3 Å². The predicted molar refractivity (Wildman–Crippen MR) is 80.0 cm³/mol. The highest BCUT2D eigenvalue weighted by Gasteiger charge is 2.32. The second-order valence-electron chi connectivity index (χ2n) is 5.63. The van der Waals surface area contributed by atoms with Crippen LogP contribution >= 0.6 is 0 Å². The maximum Gasteiger partial charge on any atom is 0.306 e. The standard InChI is InChI=1S/C17H28O2/c1-3-4-5-6-7-8-9-10-11-12-14-17(2)15-13-16(18)19-17/h10-12,14H,3-9,13,15H2,1-2H3/b11-10+,14-12+/t17-/m0/s1. The summed E-state index contributed by atoms with van der Waals surface area (Å²) < 4.78 is 5.27. The third-order valence-corrected chi connectivity index (χ3v) is 3.59. The van der Waals surface area contributed by atoms with E-state index in [1.807, 2.05) is 19.1 Å². The van der Waals surface area contributed by atoms with Gasteiger partial charge in [-0.1, -0.05) is 57.3 Å². The lowest BCUT2D eigenvalue weighted by molar-refractivity contribution is -0.144. The fourth-order valence-corrected chi connectivity index (χ4v) is 2.31. The van der Waals surface area contributed by atoms with Crippen LogP contribution in [0.15, 0.2) is 24.3 Å². The van der Waals surface area contributed by atoms with Gasteiger partial charge in [0.15, 0.2) is 0 Å². The van der Waals surface area contributed by atoms with Gasteiger partial charge in [0.1, 0.15) is 5.60 Å². The normalized spacial score (nSPS) is 23.6. The van der Waals surface area contributed by atoms with Crippen LogP contribution in [0.3, 0.4) is 0 Å². The molecule has 0 radical (unpaired) electrons. The van der Waals surface area contributed by atoms with Crippen LogP contribution in [-0.4, -0.2) is 11.6 Å². The number of ether oxygens (including phenoxy) is 1. The van der Waals surface area contributed by atoms with E-state index in [9.17, 15) is 4.79 Å². The highest BCUT2D eigenvalue weighted by atomic mass is 16.6. The van der Waals surface area contributed by atoms with Gasteiger partial charge in [0.25, 0.3) is 0 Å². The van der Waals surface area contributed by atoms with E-state index in [1.165, 1.54) is 38.5 Å². The first kappa shape index (κ1) is 16.0. The van der Waals surface area contributed by atoms with Crippen LogP contribution in [-0.2, 0) is 9.53 Å². The number of allylic oxidation sites excluding steroid dienone is 3. The van der Waals surface area contributed by atoms with E-state index in [4.69, 9.17) is 4.74 Å². The number of esters is 1. The van der Waals surface area contributed by atoms with Crippen molar-refractivity contribution in [3.63, 3.8) is 0 Å². The fraction of sp³-hybridized carbons (Fsp3) is 0.706. The largest absolute Gasteiger partial charge is 0.455 e. The average molecular weight is 264 g/mol. The Morgan fingerprint density at radius 2 is 1.89 bits per heavy atom. The number of unbranched alkanes of at least 4 members (excludes halogenated alkanes) is 6. The number of hydrogen-bond acceptors (Lipinski definition) is 2. The summed E-state index contributed by atoms with van der Waals surface area (Å²) in [6.07, 6.45) is 18.8. The summed E-state index contributed by atoms with van der Waals surface area (Å²) in [7, 11) is 0. The maximum atomic E-state index is 11.1. The summed E-state index contributed by atoms with van der Waals surface area (Å²) in [6.45, 7) is 4.22. The number of carbonyl (C=O) groups is 1. The van der Waals surface area contributed by atoms with E-state index < -0.39 is 0 Å². The van der Waals surface area contributed by atoms with Crippen molar-refractivity contribution < 1.29 is 9.53 Å². The van der Waals surface area contributed by atoms with Crippen LogP contribution in [0.1, 0.15) is 71.6 Å². The first-order valence-corrected chi connectivity index (χ1v) is 7.72. The number of carbonyl (C=O) groups excluding carboxylic acids is 1. The molecule has 0 amide bonds. The van der Waals surface area contributed by atoms with Crippen LogP contribution in [0.4, 0.5) is 0 Å². The van der Waals surface area contributed by atoms with Gasteiger partial charge in [-0.25, -0.2) is 0 Å². The molecular formula is C17H28O2. The lowest BCUT2D eigenvalue weighted by Gasteiger charge is -2.16. The Balaban J connectivity index is 2.05. The minimum Gasteiger partial charge on any atom is -0.455 e. The molecule has 0 aliphatic carbocycles. The molecule has 1 saturated heterocycles. The SMILES string of the molecule is CCCCCCCC/C=C/C=C/[C@@]1(C)CCC(=O)O1. The Labute approximate surface area is 117 Å². The van der Waals surface area contributed by atoms with Crippen LogP contribution < -0.4 is 0 Å². The molecule has 1 fully saturated rings. The molecule has 1 aliphatic rings. The minimum atomic E-state index is -0.373. The molecule has 1 aliphatic heterocycles. The van der Waals surface area contributed by atoms with Crippen molar-refractivity contribution in [3.05, 3.63) is 24.3 Å². The highest BCUT2D eigenvalue weighted by molar-refractivity contribution is 5.72. The van der Waals surface area contributed by atoms with Gasteiger partial charge in [-0.05, 0) is 25.8 Å². The molecule has 1 heterocycles. The molecule has 0 aromatic carbocycles. The summed E-state index contributed by atoms with van der Waals surface area (Å²) in [5, 5.41) is 0. The van der Waals surface area contributed by atoms with Gasteiger partial charge in [0.2, 0.25) is 0 Å². The molecular weight excluding hydrogens is 236 g/mol. The van der Waals surface area contributed by atoms with E-state index in [0.717, 1.165) is 12.8 Å². The van der Waals surface area contributed by atoms with Gasteiger partial charge >= 0.3 is 5.97 Å². The van der Waals surface area contributed by atoms with E-state index in [2.05, 4.69) is 19.1 Å². The molecule has 2 nitrogen and oxygen atoms in total. The molecule has 108 valence electrons. The Morgan fingerprint density at radius 3 is 2.58 bits per heavy atom. The van der Waals surface area contributed by atoms with E-state index in [1.54, 1.807) is 0 Å². The average Bonchev–Trinajstić information content (AvgIpc) is 2.72.